The van der Waals surface area contributed by atoms with Gasteiger partial charge in [-0.25, -0.2) is 4.79 Å². The van der Waals surface area contributed by atoms with Gasteiger partial charge in [-0.2, -0.15) is 0 Å². The molecule has 0 unspecified atom stereocenters. The maximum Gasteiger partial charge on any atom is 0.326 e. The van der Waals surface area contributed by atoms with Gasteiger partial charge in [0.25, 0.3) is 5.91 Å². The lowest BCUT2D eigenvalue weighted by molar-refractivity contribution is -0.144. The van der Waals surface area contributed by atoms with Crippen LogP contribution in [0.25, 0.3) is 6.08 Å². The molecule has 1 heterocycles. The fourth-order valence-corrected chi connectivity index (χ4v) is 3.47. The fourth-order valence-electron chi connectivity index (χ4n) is 2.05. The van der Waals surface area contributed by atoms with Crippen molar-refractivity contribution in [1.82, 2.24) is 4.90 Å². The fraction of sp³-hybridized carbons (Fsp3) is 0.312. The highest BCUT2D eigenvalue weighted by molar-refractivity contribution is 8.26. The first-order valence-electron chi connectivity index (χ1n) is 6.91. The van der Waals surface area contributed by atoms with Crippen LogP contribution in [-0.2, 0) is 9.59 Å². The third-order valence-electron chi connectivity index (χ3n) is 3.47. The first-order valence-corrected chi connectivity index (χ1v) is 8.13. The number of hydrogen-bond acceptors (Lipinski definition) is 4. The predicted molar refractivity (Wildman–Crippen MR) is 92.6 cm³/mol. The van der Waals surface area contributed by atoms with Crippen molar-refractivity contribution in [2.75, 3.05) is 0 Å². The van der Waals surface area contributed by atoms with E-state index in [9.17, 15) is 9.59 Å². The third kappa shape index (κ3) is 3.39. The molecule has 1 aromatic carbocycles. The molecule has 1 atom stereocenters. The van der Waals surface area contributed by atoms with Gasteiger partial charge in [0, 0.05) is 0 Å². The molecule has 0 aliphatic carbocycles. The molecule has 1 N–H and O–H groups in total. The number of carboxylic acids is 1. The summed E-state index contributed by atoms with van der Waals surface area (Å²) in [4.78, 5) is 25.0. The van der Waals surface area contributed by atoms with Crippen LogP contribution >= 0.6 is 24.0 Å². The number of benzene rings is 1. The van der Waals surface area contributed by atoms with Crippen LogP contribution in [0.2, 0.25) is 0 Å². The van der Waals surface area contributed by atoms with Crippen LogP contribution in [0.5, 0.6) is 0 Å². The summed E-state index contributed by atoms with van der Waals surface area (Å²) in [6, 6.07) is 6.99. The molecule has 0 radical (unpaired) electrons. The molecule has 0 spiro atoms. The average Bonchev–Trinajstić information content (AvgIpc) is 2.73. The number of aliphatic carboxylic acids is 1. The van der Waals surface area contributed by atoms with Crippen molar-refractivity contribution in [2.45, 2.75) is 32.7 Å². The van der Waals surface area contributed by atoms with Crippen molar-refractivity contribution in [1.29, 1.82) is 0 Å². The number of nitrogens with zero attached hydrogens (tertiary/aromatic N) is 1. The molecule has 0 saturated carbocycles. The molecule has 1 amide bonds. The zero-order valence-corrected chi connectivity index (χ0v) is 14.2. The number of rotatable bonds is 4. The molecule has 1 aromatic rings. The average molecular weight is 335 g/mol. The van der Waals surface area contributed by atoms with Crippen LogP contribution in [0.1, 0.15) is 37.8 Å². The third-order valence-corrected chi connectivity index (χ3v) is 4.80. The molecular weight excluding hydrogens is 318 g/mol. The van der Waals surface area contributed by atoms with E-state index >= 15 is 0 Å². The normalized spacial score (nSPS) is 18.4. The Morgan fingerprint density at radius 2 is 1.86 bits per heavy atom. The molecule has 1 aliphatic rings. The summed E-state index contributed by atoms with van der Waals surface area (Å²) in [6.45, 7) is 5.69. The summed E-state index contributed by atoms with van der Waals surface area (Å²) >= 11 is 6.26. The lowest BCUT2D eigenvalue weighted by Crippen LogP contribution is -2.41. The van der Waals surface area contributed by atoms with E-state index in [0.29, 0.717) is 10.8 Å². The van der Waals surface area contributed by atoms with Gasteiger partial charge in [0.1, 0.15) is 10.4 Å². The molecule has 2 rings (SSSR count). The summed E-state index contributed by atoms with van der Waals surface area (Å²) in [5.74, 6) is -0.972. The Kier molecular flexibility index (Phi) is 5.03. The van der Waals surface area contributed by atoms with E-state index in [2.05, 4.69) is 13.8 Å². The Morgan fingerprint density at radius 3 is 2.36 bits per heavy atom. The van der Waals surface area contributed by atoms with Crippen molar-refractivity contribution in [3.05, 3.63) is 40.3 Å². The number of thiocarbonyl (C=S) groups is 1. The standard InChI is InChI=1S/C16H17NO3S2/c1-9(2)12-6-4-11(5-7-12)8-13-14(18)17(16(21)22-13)10(3)15(19)20/h4-10H,1-3H3,(H,19,20)/b13-8+/t10-/m0/s1. The molecule has 1 fully saturated rings. The summed E-state index contributed by atoms with van der Waals surface area (Å²) < 4.78 is 0.282. The summed E-state index contributed by atoms with van der Waals surface area (Å²) in [5, 5.41) is 9.05. The lowest BCUT2D eigenvalue weighted by Gasteiger charge is -2.18. The summed E-state index contributed by atoms with van der Waals surface area (Å²) in [6.07, 6.45) is 1.75. The van der Waals surface area contributed by atoms with Crippen LogP contribution in [0.15, 0.2) is 29.2 Å². The minimum atomic E-state index is -1.07. The maximum absolute atomic E-state index is 12.3. The van der Waals surface area contributed by atoms with E-state index in [-0.39, 0.29) is 10.2 Å². The highest BCUT2D eigenvalue weighted by atomic mass is 32.2. The smallest absolute Gasteiger partial charge is 0.326 e. The Labute approximate surface area is 139 Å². The Balaban J connectivity index is 2.24. The first kappa shape index (κ1) is 16.7. The topological polar surface area (TPSA) is 57.6 Å². The van der Waals surface area contributed by atoms with Crippen LogP contribution in [0.4, 0.5) is 0 Å². The molecule has 4 nitrogen and oxygen atoms in total. The molecule has 0 bridgehead atoms. The van der Waals surface area contributed by atoms with E-state index in [0.717, 1.165) is 22.2 Å². The first-order chi connectivity index (χ1) is 10.3. The van der Waals surface area contributed by atoms with Crippen molar-refractivity contribution in [2.24, 2.45) is 0 Å². The van der Waals surface area contributed by atoms with Gasteiger partial charge in [0.15, 0.2) is 0 Å². The number of hydrogen-bond donors (Lipinski definition) is 1. The van der Waals surface area contributed by atoms with Gasteiger partial charge in [0.2, 0.25) is 0 Å². The SMILES string of the molecule is CC(C)c1ccc(/C=C2/SC(=S)N([C@@H](C)C(=O)O)C2=O)cc1. The largest absolute Gasteiger partial charge is 0.480 e. The minimum Gasteiger partial charge on any atom is -0.480 e. The molecule has 1 saturated heterocycles. The second-order valence-corrected chi connectivity index (χ2v) is 7.06. The molecule has 116 valence electrons. The highest BCUT2D eigenvalue weighted by Crippen LogP contribution is 2.34. The van der Waals surface area contributed by atoms with E-state index < -0.39 is 12.0 Å². The maximum atomic E-state index is 12.3. The van der Waals surface area contributed by atoms with Crippen LogP contribution < -0.4 is 0 Å². The summed E-state index contributed by atoms with van der Waals surface area (Å²) in [7, 11) is 0. The number of amides is 1. The van der Waals surface area contributed by atoms with Crippen LogP contribution in [0, 0.1) is 0 Å². The predicted octanol–water partition coefficient (Wildman–Crippen LogP) is 3.48. The van der Waals surface area contributed by atoms with Gasteiger partial charge in [0.05, 0.1) is 4.91 Å². The lowest BCUT2D eigenvalue weighted by atomic mass is 10.0. The Hall–Kier alpha value is -1.66. The quantitative estimate of drug-likeness (QED) is 0.674. The zero-order chi connectivity index (χ0) is 16.4. The molecule has 22 heavy (non-hydrogen) atoms. The van der Waals surface area contributed by atoms with Crippen molar-refractivity contribution < 1.29 is 14.7 Å². The van der Waals surface area contributed by atoms with Crippen molar-refractivity contribution in [3.8, 4) is 0 Å². The van der Waals surface area contributed by atoms with E-state index in [1.165, 1.54) is 12.5 Å². The number of thioether (sulfide) groups is 1. The van der Waals surface area contributed by atoms with E-state index in [4.69, 9.17) is 17.3 Å². The number of carboxylic acid groups (broad SMARTS) is 1. The van der Waals surface area contributed by atoms with Gasteiger partial charge in [-0.15, -0.1) is 0 Å². The minimum absolute atomic E-state index is 0.282. The summed E-state index contributed by atoms with van der Waals surface area (Å²) in [5.41, 5.74) is 2.12. The molecular formula is C16H17NO3S2. The van der Waals surface area contributed by atoms with Gasteiger partial charge in [-0.1, -0.05) is 62.1 Å². The second kappa shape index (κ2) is 6.62. The van der Waals surface area contributed by atoms with Gasteiger partial charge in [-0.05, 0) is 30.0 Å². The Morgan fingerprint density at radius 1 is 1.27 bits per heavy atom. The van der Waals surface area contributed by atoms with E-state index in [1.807, 2.05) is 24.3 Å². The number of carbonyl (C=O) groups excluding carboxylic acids is 1. The molecule has 1 aliphatic heterocycles. The van der Waals surface area contributed by atoms with Crippen molar-refractivity contribution in [3.63, 3.8) is 0 Å². The Bertz CT molecular complexity index is 650. The number of carbonyl (C=O) groups is 2. The second-order valence-electron chi connectivity index (χ2n) is 5.39. The molecule has 6 heteroatoms. The highest BCUT2D eigenvalue weighted by Gasteiger charge is 2.38. The zero-order valence-electron chi connectivity index (χ0n) is 12.6. The van der Waals surface area contributed by atoms with Gasteiger partial charge < -0.3 is 5.11 Å². The van der Waals surface area contributed by atoms with Crippen LogP contribution in [-0.4, -0.2) is 32.2 Å². The monoisotopic (exact) mass is 335 g/mol. The molecule has 0 aromatic heterocycles. The van der Waals surface area contributed by atoms with Crippen molar-refractivity contribution >= 4 is 46.3 Å². The van der Waals surface area contributed by atoms with Crippen LogP contribution in [0.3, 0.4) is 0 Å². The van der Waals surface area contributed by atoms with Gasteiger partial charge >= 0.3 is 5.97 Å². The van der Waals surface area contributed by atoms with Gasteiger partial charge in [-0.3, -0.25) is 9.69 Å². The van der Waals surface area contributed by atoms with E-state index in [1.54, 1.807) is 6.08 Å².